The molecule has 0 saturated heterocycles. The van der Waals surface area contributed by atoms with Crippen LogP contribution in [0.2, 0.25) is 0 Å². The highest BCUT2D eigenvalue weighted by Gasteiger charge is 2.17. The van der Waals surface area contributed by atoms with Gasteiger partial charge in [0.25, 0.3) is 0 Å². The van der Waals surface area contributed by atoms with E-state index in [1.54, 1.807) is 11.8 Å². The number of aliphatic hydroxyl groups is 1. The Morgan fingerprint density at radius 2 is 1.94 bits per heavy atom. The lowest BCUT2D eigenvalue weighted by atomic mass is 10.1. The first-order valence-corrected chi connectivity index (χ1v) is 6.57. The highest BCUT2D eigenvalue weighted by molar-refractivity contribution is 7.99. The van der Waals surface area contributed by atoms with Crippen molar-refractivity contribution in [3.63, 3.8) is 0 Å². The number of aliphatic carboxylic acids is 1. The summed E-state index contributed by atoms with van der Waals surface area (Å²) in [5, 5.41) is 18.5. The van der Waals surface area contributed by atoms with Gasteiger partial charge in [0, 0.05) is 10.6 Å². The van der Waals surface area contributed by atoms with E-state index >= 15 is 0 Å². The highest BCUT2D eigenvalue weighted by atomic mass is 32.2. The molecule has 1 aromatic carbocycles. The van der Waals surface area contributed by atoms with Crippen LogP contribution in [-0.4, -0.2) is 27.5 Å². The van der Waals surface area contributed by atoms with E-state index in [1.165, 1.54) is 0 Å². The summed E-state index contributed by atoms with van der Waals surface area (Å²) in [6, 6.07) is 7.43. The van der Waals surface area contributed by atoms with Gasteiger partial charge in [-0.15, -0.1) is 11.8 Å². The van der Waals surface area contributed by atoms with Gasteiger partial charge in [0.15, 0.2) is 0 Å². The van der Waals surface area contributed by atoms with E-state index in [-0.39, 0.29) is 6.42 Å². The summed E-state index contributed by atoms with van der Waals surface area (Å²) in [5.74, 6) is -0.179. The molecule has 0 aromatic heterocycles. The van der Waals surface area contributed by atoms with Gasteiger partial charge in [-0.3, -0.25) is 4.79 Å². The maximum absolute atomic E-state index is 10.5. The van der Waals surface area contributed by atoms with Crippen molar-refractivity contribution in [2.24, 2.45) is 0 Å². The van der Waals surface area contributed by atoms with Crippen molar-refractivity contribution >= 4 is 17.7 Å². The molecule has 4 heteroatoms. The van der Waals surface area contributed by atoms with E-state index < -0.39 is 11.6 Å². The lowest BCUT2D eigenvalue weighted by Gasteiger charge is -2.20. The monoisotopic (exact) mass is 254 g/mol. The van der Waals surface area contributed by atoms with Gasteiger partial charge in [-0.25, -0.2) is 0 Å². The van der Waals surface area contributed by atoms with Crippen LogP contribution in [-0.2, 0) is 11.2 Å². The number of carboxylic acid groups (broad SMARTS) is 1. The molecule has 0 aliphatic carbocycles. The Morgan fingerprint density at radius 3 is 2.41 bits per heavy atom. The lowest BCUT2D eigenvalue weighted by molar-refractivity contribution is -0.136. The van der Waals surface area contributed by atoms with E-state index in [0.717, 1.165) is 16.9 Å². The van der Waals surface area contributed by atoms with Crippen LogP contribution >= 0.6 is 11.8 Å². The Balaban J connectivity index is 2.54. The second-order valence-electron chi connectivity index (χ2n) is 4.35. The number of carbonyl (C=O) groups is 1. The Labute approximate surface area is 106 Å². The second kappa shape index (κ2) is 6.07. The molecule has 1 unspecified atom stereocenters. The van der Waals surface area contributed by atoms with E-state index in [4.69, 9.17) is 5.11 Å². The average molecular weight is 254 g/mol. The van der Waals surface area contributed by atoms with Crippen LogP contribution in [0.5, 0.6) is 0 Å². The molecule has 0 bridgehead atoms. The van der Waals surface area contributed by atoms with Crippen LogP contribution in [0.3, 0.4) is 0 Å². The summed E-state index contributed by atoms with van der Waals surface area (Å²) in [7, 11) is 0. The minimum atomic E-state index is -0.820. The first-order valence-electron chi connectivity index (χ1n) is 5.59. The van der Waals surface area contributed by atoms with Gasteiger partial charge in [-0.05, 0) is 31.0 Å². The normalized spacial score (nSPS) is 14.3. The van der Waals surface area contributed by atoms with Crippen molar-refractivity contribution in [1.82, 2.24) is 0 Å². The van der Waals surface area contributed by atoms with Crippen LogP contribution in [0.15, 0.2) is 29.2 Å². The zero-order chi connectivity index (χ0) is 12.9. The molecule has 17 heavy (non-hydrogen) atoms. The zero-order valence-corrected chi connectivity index (χ0v) is 11.0. The van der Waals surface area contributed by atoms with Crippen LogP contribution < -0.4 is 0 Å². The molecule has 0 saturated carbocycles. The van der Waals surface area contributed by atoms with Crippen LogP contribution in [0.25, 0.3) is 0 Å². The highest BCUT2D eigenvalue weighted by Crippen LogP contribution is 2.24. The summed E-state index contributed by atoms with van der Waals surface area (Å²) in [6.07, 6.45) is 0.773. The van der Waals surface area contributed by atoms with E-state index in [2.05, 4.69) is 0 Å². The average Bonchev–Trinajstić information content (AvgIpc) is 2.28. The first-order chi connectivity index (χ1) is 7.93. The zero-order valence-electron chi connectivity index (χ0n) is 10.1. The van der Waals surface area contributed by atoms with E-state index in [9.17, 15) is 9.90 Å². The number of carboxylic acids is 1. The molecule has 0 spiro atoms. The summed E-state index contributed by atoms with van der Waals surface area (Å²) in [4.78, 5) is 11.6. The predicted octanol–water partition coefficient (Wildman–Crippen LogP) is 2.57. The third-order valence-corrected chi connectivity index (χ3v) is 3.96. The summed E-state index contributed by atoms with van der Waals surface area (Å²) < 4.78 is 0. The number of hydrogen-bond donors (Lipinski definition) is 2. The van der Waals surface area contributed by atoms with Crippen molar-refractivity contribution in [2.45, 2.75) is 37.2 Å². The largest absolute Gasteiger partial charge is 0.481 e. The minimum Gasteiger partial charge on any atom is -0.481 e. The maximum Gasteiger partial charge on any atom is 0.307 e. The first kappa shape index (κ1) is 14.1. The van der Waals surface area contributed by atoms with E-state index in [0.29, 0.717) is 5.75 Å². The van der Waals surface area contributed by atoms with Gasteiger partial charge in [-0.2, -0.15) is 0 Å². The topological polar surface area (TPSA) is 57.5 Å². The molecule has 0 amide bonds. The predicted molar refractivity (Wildman–Crippen MR) is 69.4 cm³/mol. The fourth-order valence-electron chi connectivity index (χ4n) is 1.22. The maximum atomic E-state index is 10.5. The summed E-state index contributed by atoms with van der Waals surface area (Å²) in [6.45, 7) is 3.77. The van der Waals surface area contributed by atoms with Gasteiger partial charge < -0.3 is 10.2 Å². The molecular formula is C13H18O3S. The van der Waals surface area contributed by atoms with Crippen LogP contribution in [0.1, 0.15) is 25.8 Å². The van der Waals surface area contributed by atoms with Crippen molar-refractivity contribution < 1.29 is 15.0 Å². The quantitative estimate of drug-likeness (QED) is 0.766. The minimum absolute atomic E-state index is 0.0532. The van der Waals surface area contributed by atoms with Crippen molar-refractivity contribution in [2.75, 3.05) is 5.75 Å². The Bertz CT molecular complexity index is 371. The fraction of sp³-hybridized carbons (Fsp3) is 0.462. The Hall–Kier alpha value is -1.00. The van der Waals surface area contributed by atoms with Crippen LogP contribution in [0, 0.1) is 0 Å². The third kappa shape index (κ3) is 5.24. The van der Waals surface area contributed by atoms with E-state index in [1.807, 2.05) is 38.1 Å². The number of thioether (sulfide) groups is 1. The molecule has 0 radical (unpaired) electrons. The SMILES string of the molecule is CCC(C)(O)CSc1ccc(CC(=O)O)cc1. The molecule has 0 fully saturated rings. The molecule has 94 valence electrons. The molecule has 1 aromatic rings. The summed E-state index contributed by atoms with van der Waals surface area (Å²) in [5.41, 5.74) is 0.147. The van der Waals surface area contributed by atoms with Crippen molar-refractivity contribution in [3.8, 4) is 0 Å². The Morgan fingerprint density at radius 1 is 1.35 bits per heavy atom. The number of benzene rings is 1. The molecule has 1 rings (SSSR count). The molecule has 1 atom stereocenters. The standard InChI is InChI=1S/C13H18O3S/c1-3-13(2,16)9-17-11-6-4-10(5-7-11)8-12(14)15/h4-7,16H,3,8-9H2,1-2H3,(H,14,15). The molecular weight excluding hydrogens is 236 g/mol. The lowest BCUT2D eigenvalue weighted by Crippen LogP contribution is -2.25. The fourth-order valence-corrected chi connectivity index (χ4v) is 2.23. The van der Waals surface area contributed by atoms with Gasteiger partial charge in [-0.1, -0.05) is 19.1 Å². The number of rotatable bonds is 6. The Kier molecular flexibility index (Phi) is 5.02. The molecule has 0 heterocycles. The summed E-state index contributed by atoms with van der Waals surface area (Å²) >= 11 is 1.58. The molecule has 2 N–H and O–H groups in total. The van der Waals surface area contributed by atoms with Crippen LogP contribution in [0.4, 0.5) is 0 Å². The molecule has 0 aliphatic rings. The number of hydrogen-bond acceptors (Lipinski definition) is 3. The van der Waals surface area contributed by atoms with Gasteiger partial charge >= 0.3 is 5.97 Å². The van der Waals surface area contributed by atoms with Crippen molar-refractivity contribution in [1.29, 1.82) is 0 Å². The molecule has 0 aliphatic heterocycles. The van der Waals surface area contributed by atoms with Gasteiger partial charge in [0.05, 0.1) is 12.0 Å². The smallest absolute Gasteiger partial charge is 0.307 e. The second-order valence-corrected chi connectivity index (χ2v) is 5.40. The third-order valence-electron chi connectivity index (χ3n) is 2.59. The van der Waals surface area contributed by atoms with Gasteiger partial charge in [0.2, 0.25) is 0 Å². The van der Waals surface area contributed by atoms with Gasteiger partial charge in [0.1, 0.15) is 0 Å². The van der Waals surface area contributed by atoms with Crippen molar-refractivity contribution in [3.05, 3.63) is 29.8 Å². The molecule has 3 nitrogen and oxygen atoms in total.